The summed E-state index contributed by atoms with van der Waals surface area (Å²) in [6, 6.07) is 23.0. The van der Waals surface area contributed by atoms with Crippen molar-refractivity contribution in [3.05, 3.63) is 140 Å². The Morgan fingerprint density at radius 1 is 0.553 bits per heavy atom. The molecule has 8 nitrogen and oxygen atoms in total. The molecule has 0 saturated carbocycles. The van der Waals surface area contributed by atoms with Crippen molar-refractivity contribution >= 4 is 24.4 Å². The van der Waals surface area contributed by atoms with Crippen LogP contribution in [0.25, 0.3) is 0 Å². The minimum atomic E-state index is -0.326. The second-order valence-electron chi connectivity index (χ2n) is 11.1. The first kappa shape index (κ1) is 37.9. The maximum absolute atomic E-state index is 11.8. The molecule has 4 aromatic carbocycles. The summed E-state index contributed by atoms with van der Waals surface area (Å²) in [5.41, 5.74) is 11.3. The van der Waals surface area contributed by atoms with Crippen LogP contribution in [0.1, 0.15) is 81.1 Å². The van der Waals surface area contributed by atoms with Gasteiger partial charge in [0.15, 0.2) is 0 Å². The molecule has 0 spiro atoms. The molecule has 0 aliphatic carbocycles. The molecule has 0 aromatic heterocycles. The number of methoxy groups -OCH3 is 3. The van der Waals surface area contributed by atoms with Gasteiger partial charge in [0.05, 0.1) is 38.0 Å². The summed E-state index contributed by atoms with van der Waals surface area (Å²) >= 11 is 0. The molecule has 0 atom stereocenters. The third kappa shape index (κ3) is 11.9. The van der Waals surface area contributed by atoms with Gasteiger partial charge in [-0.1, -0.05) is 53.6 Å². The summed E-state index contributed by atoms with van der Waals surface area (Å²) in [5, 5.41) is 0. The van der Waals surface area contributed by atoms with E-state index in [0.29, 0.717) is 29.6 Å². The molecule has 248 valence electrons. The van der Waals surface area contributed by atoms with Crippen LogP contribution in [0.15, 0.2) is 72.8 Å². The van der Waals surface area contributed by atoms with Crippen LogP contribution in [0.3, 0.4) is 0 Å². The Morgan fingerprint density at radius 3 is 1.64 bits per heavy atom. The van der Waals surface area contributed by atoms with Crippen LogP contribution >= 0.6 is 0 Å². The lowest BCUT2D eigenvalue weighted by Crippen LogP contribution is -2.05. The van der Waals surface area contributed by atoms with Gasteiger partial charge in [0.2, 0.25) is 0 Å². The molecule has 0 amide bonds. The Morgan fingerprint density at radius 2 is 1.09 bits per heavy atom. The van der Waals surface area contributed by atoms with Gasteiger partial charge in [0.25, 0.3) is 6.47 Å². The van der Waals surface area contributed by atoms with Crippen LogP contribution in [0.5, 0.6) is 0 Å². The van der Waals surface area contributed by atoms with Gasteiger partial charge < -0.3 is 18.9 Å². The normalized spacial score (nSPS) is 9.89. The SMILES string of the molecule is COC(=O)c1cc(C)cc(C)c1.COC(=O)c1cc(Cc2ccc(C)c(COC=O)c2)ccc1C.COC(=O)c1ccc(C)c(C)c1. The lowest BCUT2D eigenvalue weighted by molar-refractivity contribution is -0.129. The first-order valence-corrected chi connectivity index (χ1v) is 15.0. The van der Waals surface area contributed by atoms with Crippen molar-refractivity contribution in [2.75, 3.05) is 21.3 Å². The van der Waals surface area contributed by atoms with E-state index in [0.717, 1.165) is 44.5 Å². The number of carbonyl (C=O) groups excluding carboxylic acids is 4. The molecule has 0 aliphatic rings. The second kappa shape index (κ2) is 18.7. The molecule has 0 heterocycles. The molecule has 0 aliphatic heterocycles. The van der Waals surface area contributed by atoms with Gasteiger partial charge >= 0.3 is 17.9 Å². The number of ether oxygens (including phenoxy) is 4. The van der Waals surface area contributed by atoms with Crippen LogP contribution in [0.4, 0.5) is 0 Å². The zero-order chi connectivity index (χ0) is 35.1. The highest BCUT2D eigenvalue weighted by atomic mass is 16.5. The smallest absolute Gasteiger partial charge is 0.338 e. The summed E-state index contributed by atoms with van der Waals surface area (Å²) in [6.45, 7) is 12.5. The van der Waals surface area contributed by atoms with Crippen molar-refractivity contribution in [1.82, 2.24) is 0 Å². The Hall–Kier alpha value is -5.24. The molecule has 0 bridgehead atoms. The fourth-order valence-electron chi connectivity index (χ4n) is 4.66. The van der Waals surface area contributed by atoms with Crippen molar-refractivity contribution in [3.63, 3.8) is 0 Å². The van der Waals surface area contributed by atoms with Crippen LogP contribution < -0.4 is 0 Å². The first-order chi connectivity index (χ1) is 22.3. The third-order valence-corrected chi connectivity index (χ3v) is 7.41. The quantitative estimate of drug-likeness (QED) is 0.111. The Balaban J connectivity index is 0.000000270. The van der Waals surface area contributed by atoms with Crippen molar-refractivity contribution in [1.29, 1.82) is 0 Å². The van der Waals surface area contributed by atoms with Crippen LogP contribution in [0, 0.1) is 41.5 Å². The maximum atomic E-state index is 11.8. The van der Waals surface area contributed by atoms with Gasteiger partial charge in [-0.15, -0.1) is 0 Å². The molecular weight excluding hydrogens is 596 g/mol. The van der Waals surface area contributed by atoms with Gasteiger partial charge in [0.1, 0.15) is 6.61 Å². The number of esters is 3. The van der Waals surface area contributed by atoms with Crippen LogP contribution in [-0.2, 0) is 36.8 Å². The third-order valence-electron chi connectivity index (χ3n) is 7.41. The predicted molar refractivity (Wildman–Crippen MR) is 182 cm³/mol. The van der Waals surface area contributed by atoms with Gasteiger partial charge in [-0.3, -0.25) is 4.79 Å². The second-order valence-corrected chi connectivity index (χ2v) is 11.1. The van der Waals surface area contributed by atoms with E-state index in [1.54, 1.807) is 6.07 Å². The van der Waals surface area contributed by atoms with E-state index in [-0.39, 0.29) is 24.5 Å². The number of benzene rings is 4. The van der Waals surface area contributed by atoms with Crippen LogP contribution in [0.2, 0.25) is 0 Å². The van der Waals surface area contributed by atoms with Crippen LogP contribution in [-0.4, -0.2) is 45.7 Å². The first-order valence-electron chi connectivity index (χ1n) is 15.0. The summed E-state index contributed by atoms with van der Waals surface area (Å²) in [6.07, 6.45) is 0.693. The number of aryl methyl sites for hydroxylation is 6. The fraction of sp³-hybridized carbons (Fsp3) is 0.282. The lowest BCUT2D eigenvalue weighted by atomic mass is 9.97. The minimum absolute atomic E-state index is 0.268. The molecular formula is C39H44O8. The fourth-order valence-corrected chi connectivity index (χ4v) is 4.66. The lowest BCUT2D eigenvalue weighted by Gasteiger charge is -2.10. The van der Waals surface area contributed by atoms with Gasteiger partial charge in [-0.05, 0) is 117 Å². The number of hydrogen-bond acceptors (Lipinski definition) is 8. The number of rotatable bonds is 8. The molecule has 4 rings (SSSR count). The summed E-state index contributed by atoms with van der Waals surface area (Å²) in [5.74, 6) is -0.881. The molecule has 0 fully saturated rings. The van der Waals surface area contributed by atoms with E-state index in [4.69, 9.17) is 9.47 Å². The standard InChI is InChI=1S/C19H20O4.2C10H12O2/c1-13-4-6-15(9-17(13)11-23-12-20)8-16-7-5-14(2)18(10-16)19(21)22-3;1-7-4-8(2)6-9(5-7)10(11)12-3;1-7-4-5-9(6-8(7)2)10(11)12-3/h4-7,9-10,12H,8,11H2,1-3H3;2*4-6H,1-3H3. The number of carbonyl (C=O) groups is 4. The summed E-state index contributed by atoms with van der Waals surface area (Å²) in [4.78, 5) is 44.3. The molecule has 8 heteroatoms. The van der Waals surface area contributed by atoms with E-state index in [2.05, 4.69) is 9.47 Å². The molecule has 0 unspecified atom stereocenters. The predicted octanol–water partition coefficient (Wildman–Crippen LogP) is 7.53. The Kier molecular flexibility index (Phi) is 15.1. The highest BCUT2D eigenvalue weighted by Gasteiger charge is 2.11. The van der Waals surface area contributed by atoms with E-state index < -0.39 is 0 Å². The van der Waals surface area contributed by atoms with E-state index in [1.807, 2.05) is 108 Å². The minimum Gasteiger partial charge on any atom is -0.465 e. The van der Waals surface area contributed by atoms with Gasteiger partial charge in [-0.2, -0.15) is 0 Å². The summed E-state index contributed by atoms with van der Waals surface area (Å²) in [7, 11) is 4.16. The van der Waals surface area contributed by atoms with Gasteiger partial charge in [-0.25, -0.2) is 14.4 Å². The average molecular weight is 641 g/mol. The Bertz CT molecular complexity index is 1680. The zero-order valence-corrected chi connectivity index (χ0v) is 28.7. The monoisotopic (exact) mass is 640 g/mol. The van der Waals surface area contributed by atoms with Crippen molar-refractivity contribution in [2.45, 2.75) is 54.6 Å². The van der Waals surface area contributed by atoms with Crippen molar-refractivity contribution in [3.8, 4) is 0 Å². The zero-order valence-electron chi connectivity index (χ0n) is 28.7. The summed E-state index contributed by atoms with van der Waals surface area (Å²) < 4.78 is 18.9. The van der Waals surface area contributed by atoms with Crippen molar-refractivity contribution in [2.24, 2.45) is 0 Å². The number of hydrogen-bond donors (Lipinski definition) is 0. The van der Waals surface area contributed by atoms with Crippen molar-refractivity contribution < 1.29 is 38.1 Å². The molecule has 47 heavy (non-hydrogen) atoms. The van der Waals surface area contributed by atoms with Gasteiger partial charge in [0, 0.05) is 0 Å². The largest absolute Gasteiger partial charge is 0.465 e. The average Bonchev–Trinajstić information content (AvgIpc) is 3.06. The molecule has 0 radical (unpaired) electrons. The Labute approximate surface area is 277 Å². The molecule has 4 aromatic rings. The van der Waals surface area contributed by atoms with E-state index >= 15 is 0 Å². The molecule has 0 saturated heterocycles. The topological polar surface area (TPSA) is 105 Å². The molecule has 0 N–H and O–H groups in total. The highest BCUT2D eigenvalue weighted by Crippen LogP contribution is 2.19. The maximum Gasteiger partial charge on any atom is 0.338 e. The highest BCUT2D eigenvalue weighted by molar-refractivity contribution is 5.91. The van der Waals surface area contributed by atoms with E-state index in [9.17, 15) is 19.2 Å². The van der Waals surface area contributed by atoms with E-state index in [1.165, 1.54) is 26.9 Å².